The lowest BCUT2D eigenvalue weighted by Gasteiger charge is -2.19. The smallest absolute Gasteiger partial charge is 0.251 e. The molecule has 0 fully saturated rings. The molecular weight excluding hydrogens is 384 g/mol. The molecule has 1 aliphatic heterocycles. The third-order valence-corrected chi connectivity index (χ3v) is 7.10. The van der Waals surface area contributed by atoms with Crippen molar-refractivity contribution in [2.24, 2.45) is 0 Å². The normalized spacial score (nSPS) is 17.0. The van der Waals surface area contributed by atoms with Crippen LogP contribution in [0, 0.1) is 22.7 Å². The van der Waals surface area contributed by atoms with Gasteiger partial charge in [0.1, 0.15) is 22.3 Å². The number of nitrogens with two attached hydrogens (primary N) is 1. The number of thioether (sulfide) groups is 1. The topological polar surface area (TPSA) is 95.6 Å². The molecule has 1 unspecified atom stereocenters. The highest BCUT2D eigenvalue weighted by Crippen LogP contribution is 2.40. The number of nitrogens with zero attached hydrogens (tertiary/aromatic N) is 3. The molecule has 0 saturated carbocycles. The van der Waals surface area contributed by atoms with Crippen LogP contribution in [-0.4, -0.2) is 10.5 Å². The SMILES string of the molecule is N#CC1=c2/c(=C/c3cccs3)c(N)c(C#N)n2C(=O)C(c2cccs2)S1. The Morgan fingerprint density at radius 3 is 2.54 bits per heavy atom. The molecular formula is C18H10N4OS3. The second-order valence-electron chi connectivity index (χ2n) is 5.42. The second-order valence-corrected chi connectivity index (χ2v) is 8.50. The Labute approximate surface area is 160 Å². The maximum absolute atomic E-state index is 13.1. The highest BCUT2D eigenvalue weighted by atomic mass is 32.2. The summed E-state index contributed by atoms with van der Waals surface area (Å²) in [7, 11) is 0. The molecule has 0 aromatic carbocycles. The molecule has 4 rings (SSSR count). The van der Waals surface area contributed by atoms with Crippen molar-refractivity contribution in [1.82, 2.24) is 4.57 Å². The van der Waals surface area contributed by atoms with Crippen LogP contribution in [0.5, 0.6) is 0 Å². The van der Waals surface area contributed by atoms with E-state index in [2.05, 4.69) is 6.07 Å². The second kappa shape index (κ2) is 6.50. The summed E-state index contributed by atoms with van der Waals surface area (Å²) in [5.41, 5.74) is 6.51. The average Bonchev–Trinajstić information content (AvgIpc) is 3.38. The van der Waals surface area contributed by atoms with Gasteiger partial charge in [-0.25, -0.2) is 0 Å². The van der Waals surface area contributed by atoms with Gasteiger partial charge in [-0.1, -0.05) is 23.9 Å². The summed E-state index contributed by atoms with van der Waals surface area (Å²) in [6, 6.07) is 11.8. The number of carbonyl (C=O) groups is 1. The summed E-state index contributed by atoms with van der Waals surface area (Å²) < 4.78 is 1.31. The molecule has 3 aromatic heterocycles. The van der Waals surface area contributed by atoms with Crippen LogP contribution in [-0.2, 0) is 0 Å². The number of rotatable bonds is 2. The Hall–Kier alpha value is -2.78. The third kappa shape index (κ3) is 2.47. The molecule has 0 saturated heterocycles. The molecule has 0 aliphatic carbocycles. The molecule has 3 aromatic rings. The van der Waals surface area contributed by atoms with Crippen LogP contribution in [0.4, 0.5) is 5.69 Å². The van der Waals surface area contributed by atoms with Gasteiger partial charge in [0.05, 0.1) is 11.0 Å². The van der Waals surface area contributed by atoms with Crippen molar-refractivity contribution in [2.75, 3.05) is 5.73 Å². The minimum Gasteiger partial charge on any atom is -0.396 e. The van der Waals surface area contributed by atoms with Gasteiger partial charge in [0.15, 0.2) is 5.69 Å². The summed E-state index contributed by atoms with van der Waals surface area (Å²) >= 11 is 4.18. The molecule has 2 N–H and O–H groups in total. The average molecular weight is 395 g/mol. The summed E-state index contributed by atoms with van der Waals surface area (Å²) in [6.07, 6.45) is 1.82. The standard InChI is InChI=1S/C18H10N4OS3/c19-8-12-15(21)11(7-10-3-1-5-24-10)16-14(9-20)26-17(18(23)22(12)16)13-4-2-6-25-13/h1-7,17H,21H2/b11-7+. The summed E-state index contributed by atoms with van der Waals surface area (Å²) in [5, 5.41) is 23.5. The van der Waals surface area contributed by atoms with E-state index in [4.69, 9.17) is 5.73 Å². The number of hydrogen-bond donors (Lipinski definition) is 1. The quantitative estimate of drug-likeness (QED) is 0.721. The number of nitrogen functional groups attached to an aromatic ring is 1. The van der Waals surface area contributed by atoms with Crippen LogP contribution in [0.25, 0.3) is 11.0 Å². The van der Waals surface area contributed by atoms with E-state index in [1.54, 1.807) is 0 Å². The van der Waals surface area contributed by atoms with Crippen molar-refractivity contribution < 1.29 is 4.79 Å². The Morgan fingerprint density at radius 1 is 1.15 bits per heavy atom. The van der Waals surface area contributed by atoms with Gasteiger partial charge < -0.3 is 5.73 Å². The lowest BCUT2D eigenvalue weighted by atomic mass is 10.2. The Morgan fingerprint density at radius 2 is 1.92 bits per heavy atom. The van der Waals surface area contributed by atoms with Gasteiger partial charge in [0, 0.05) is 15.0 Å². The van der Waals surface area contributed by atoms with Crippen molar-refractivity contribution >= 4 is 57.0 Å². The van der Waals surface area contributed by atoms with Gasteiger partial charge >= 0.3 is 0 Å². The predicted molar refractivity (Wildman–Crippen MR) is 105 cm³/mol. The minimum absolute atomic E-state index is 0.0856. The molecule has 5 nitrogen and oxygen atoms in total. The van der Waals surface area contributed by atoms with E-state index >= 15 is 0 Å². The Kier molecular flexibility index (Phi) is 4.17. The van der Waals surface area contributed by atoms with Crippen LogP contribution in [0.15, 0.2) is 35.0 Å². The summed E-state index contributed by atoms with van der Waals surface area (Å²) in [5.74, 6) is -0.250. The van der Waals surface area contributed by atoms with Gasteiger partial charge in [0.2, 0.25) is 0 Å². The minimum atomic E-state index is -0.550. The Balaban J connectivity index is 2.08. The number of hydrogen-bond acceptors (Lipinski definition) is 7. The van der Waals surface area contributed by atoms with E-state index in [-0.39, 0.29) is 17.3 Å². The number of thiophene rings is 2. The molecule has 126 valence electrons. The number of anilines is 1. The first kappa shape index (κ1) is 16.7. The maximum Gasteiger partial charge on any atom is 0.251 e. The predicted octanol–water partition coefficient (Wildman–Crippen LogP) is 2.65. The molecule has 8 heteroatoms. The molecule has 26 heavy (non-hydrogen) atoms. The van der Waals surface area contributed by atoms with Crippen LogP contribution < -0.4 is 16.3 Å². The first-order chi connectivity index (χ1) is 12.7. The summed E-state index contributed by atoms with van der Waals surface area (Å²) in [6.45, 7) is 0. The van der Waals surface area contributed by atoms with Crippen molar-refractivity contribution in [1.29, 1.82) is 10.5 Å². The van der Waals surface area contributed by atoms with Gasteiger partial charge in [-0.2, -0.15) is 10.5 Å². The van der Waals surface area contributed by atoms with Crippen molar-refractivity contribution in [3.63, 3.8) is 0 Å². The van der Waals surface area contributed by atoms with Crippen LogP contribution in [0.3, 0.4) is 0 Å². The highest BCUT2D eigenvalue weighted by Gasteiger charge is 2.34. The number of aromatic nitrogens is 1. The van der Waals surface area contributed by atoms with Gasteiger partial charge in [0.25, 0.3) is 5.91 Å². The number of carbonyl (C=O) groups excluding carboxylic acids is 1. The van der Waals surface area contributed by atoms with E-state index in [0.717, 1.165) is 9.75 Å². The fourth-order valence-electron chi connectivity index (χ4n) is 2.86. The van der Waals surface area contributed by atoms with Crippen molar-refractivity contribution in [3.8, 4) is 12.1 Å². The summed E-state index contributed by atoms with van der Waals surface area (Å²) in [4.78, 5) is 15.3. The van der Waals surface area contributed by atoms with Crippen LogP contribution in [0.1, 0.15) is 25.5 Å². The van der Waals surface area contributed by atoms with Gasteiger partial charge in [-0.3, -0.25) is 9.36 Å². The fraction of sp³-hybridized carbons (Fsp3) is 0.0556. The van der Waals surface area contributed by atoms with E-state index in [0.29, 0.717) is 15.5 Å². The number of fused-ring (bicyclic) bond motifs is 1. The molecule has 0 bridgehead atoms. The first-order valence-electron chi connectivity index (χ1n) is 7.50. The van der Waals surface area contributed by atoms with E-state index in [1.807, 2.05) is 47.2 Å². The van der Waals surface area contributed by atoms with Crippen LogP contribution in [0.2, 0.25) is 0 Å². The maximum atomic E-state index is 13.1. The number of nitriles is 2. The zero-order chi connectivity index (χ0) is 18.3. The van der Waals surface area contributed by atoms with Gasteiger partial charge in [-0.05, 0) is 29.0 Å². The monoisotopic (exact) mass is 394 g/mol. The lowest BCUT2D eigenvalue weighted by molar-refractivity contribution is 0.0906. The fourth-order valence-corrected chi connectivity index (χ4v) is 5.53. The highest BCUT2D eigenvalue weighted by molar-refractivity contribution is 8.09. The zero-order valence-electron chi connectivity index (χ0n) is 13.2. The van der Waals surface area contributed by atoms with E-state index in [1.165, 1.54) is 39.0 Å². The molecule has 0 spiro atoms. The molecule has 0 radical (unpaired) electrons. The van der Waals surface area contributed by atoms with Gasteiger partial charge in [-0.15, -0.1) is 22.7 Å². The molecule has 0 amide bonds. The lowest BCUT2D eigenvalue weighted by Crippen LogP contribution is -2.40. The zero-order valence-corrected chi connectivity index (χ0v) is 15.6. The van der Waals surface area contributed by atoms with Crippen LogP contribution >= 0.6 is 34.4 Å². The Bertz CT molecular complexity index is 1210. The van der Waals surface area contributed by atoms with Crippen molar-refractivity contribution in [3.05, 3.63) is 61.0 Å². The largest absolute Gasteiger partial charge is 0.396 e. The molecule has 1 atom stereocenters. The van der Waals surface area contributed by atoms with E-state index in [9.17, 15) is 15.3 Å². The van der Waals surface area contributed by atoms with Crippen molar-refractivity contribution in [2.45, 2.75) is 5.25 Å². The molecule has 1 aliphatic rings. The first-order valence-corrected chi connectivity index (χ1v) is 10.1. The third-order valence-electron chi connectivity index (χ3n) is 3.98. The molecule has 4 heterocycles. The van der Waals surface area contributed by atoms with E-state index < -0.39 is 5.25 Å².